The van der Waals surface area contributed by atoms with Crippen LogP contribution in [0.5, 0.6) is 0 Å². The van der Waals surface area contributed by atoms with Gasteiger partial charge in [-0.05, 0) is 42.8 Å². The van der Waals surface area contributed by atoms with Crippen molar-refractivity contribution in [3.8, 4) is 0 Å². The van der Waals surface area contributed by atoms with Crippen molar-refractivity contribution >= 4 is 40.3 Å². The minimum absolute atomic E-state index is 0.330. The SMILES string of the molecule is Cc1cc(N)c(Cl)cc1Nc1cc(F)cc(Cl)c1. The molecule has 0 spiro atoms. The van der Waals surface area contributed by atoms with E-state index in [1.165, 1.54) is 12.1 Å². The van der Waals surface area contributed by atoms with Gasteiger partial charge < -0.3 is 11.1 Å². The van der Waals surface area contributed by atoms with E-state index in [2.05, 4.69) is 5.32 Å². The summed E-state index contributed by atoms with van der Waals surface area (Å²) in [5.74, 6) is -0.399. The molecular formula is C13H11Cl2FN2. The molecule has 5 heteroatoms. The van der Waals surface area contributed by atoms with Crippen LogP contribution in [0.15, 0.2) is 30.3 Å². The first-order valence-electron chi connectivity index (χ1n) is 5.24. The first-order chi connectivity index (χ1) is 8.45. The van der Waals surface area contributed by atoms with Gasteiger partial charge in [0.1, 0.15) is 5.82 Å². The molecule has 0 aliphatic carbocycles. The summed E-state index contributed by atoms with van der Waals surface area (Å²) in [6.07, 6.45) is 0. The molecule has 94 valence electrons. The third-order valence-corrected chi connectivity index (χ3v) is 3.03. The Balaban J connectivity index is 2.36. The number of nitrogens with one attached hydrogen (secondary N) is 1. The second-order valence-electron chi connectivity index (χ2n) is 3.97. The summed E-state index contributed by atoms with van der Waals surface area (Å²) in [7, 11) is 0. The Morgan fingerprint density at radius 3 is 2.50 bits per heavy atom. The molecule has 0 fully saturated rings. The molecular weight excluding hydrogens is 274 g/mol. The quantitative estimate of drug-likeness (QED) is 0.780. The average Bonchev–Trinajstić information content (AvgIpc) is 2.24. The molecule has 0 aliphatic heterocycles. The number of aryl methyl sites for hydroxylation is 1. The minimum Gasteiger partial charge on any atom is -0.398 e. The Hall–Kier alpha value is -1.45. The minimum atomic E-state index is -0.399. The van der Waals surface area contributed by atoms with Crippen LogP contribution in [0.3, 0.4) is 0 Å². The van der Waals surface area contributed by atoms with E-state index in [9.17, 15) is 4.39 Å². The van der Waals surface area contributed by atoms with Crippen LogP contribution >= 0.6 is 23.2 Å². The van der Waals surface area contributed by atoms with Crippen molar-refractivity contribution < 1.29 is 4.39 Å². The number of anilines is 3. The van der Waals surface area contributed by atoms with Crippen LogP contribution in [0.4, 0.5) is 21.5 Å². The molecule has 0 saturated heterocycles. The van der Waals surface area contributed by atoms with E-state index in [1.807, 2.05) is 6.92 Å². The largest absolute Gasteiger partial charge is 0.398 e. The van der Waals surface area contributed by atoms with Gasteiger partial charge >= 0.3 is 0 Å². The predicted molar refractivity (Wildman–Crippen MR) is 75.3 cm³/mol. The van der Waals surface area contributed by atoms with Crippen molar-refractivity contribution in [2.45, 2.75) is 6.92 Å². The molecule has 2 aromatic rings. The first-order valence-corrected chi connectivity index (χ1v) is 6.00. The zero-order valence-electron chi connectivity index (χ0n) is 9.60. The van der Waals surface area contributed by atoms with E-state index in [1.54, 1.807) is 18.2 Å². The van der Waals surface area contributed by atoms with Gasteiger partial charge in [-0.1, -0.05) is 23.2 Å². The Bertz CT molecular complexity index is 580. The van der Waals surface area contributed by atoms with Gasteiger partial charge in [-0.3, -0.25) is 0 Å². The molecule has 0 unspecified atom stereocenters. The lowest BCUT2D eigenvalue weighted by molar-refractivity contribution is 0.628. The van der Waals surface area contributed by atoms with Crippen molar-refractivity contribution in [2.24, 2.45) is 0 Å². The van der Waals surface area contributed by atoms with Crippen molar-refractivity contribution in [1.82, 2.24) is 0 Å². The fourth-order valence-corrected chi connectivity index (χ4v) is 2.01. The van der Waals surface area contributed by atoms with Crippen molar-refractivity contribution in [1.29, 1.82) is 0 Å². The van der Waals surface area contributed by atoms with Gasteiger partial charge in [-0.15, -0.1) is 0 Å². The Kier molecular flexibility index (Phi) is 3.64. The Labute approximate surface area is 115 Å². The molecule has 0 atom stereocenters. The number of nitrogens with two attached hydrogens (primary N) is 1. The number of hydrogen-bond acceptors (Lipinski definition) is 2. The van der Waals surface area contributed by atoms with Crippen LogP contribution in [0, 0.1) is 12.7 Å². The van der Waals surface area contributed by atoms with E-state index in [0.29, 0.717) is 21.4 Å². The monoisotopic (exact) mass is 284 g/mol. The summed E-state index contributed by atoms with van der Waals surface area (Å²) in [6, 6.07) is 7.69. The highest BCUT2D eigenvalue weighted by molar-refractivity contribution is 6.33. The van der Waals surface area contributed by atoms with Crippen LogP contribution in [0.25, 0.3) is 0 Å². The molecule has 0 bridgehead atoms. The Morgan fingerprint density at radius 1 is 1.11 bits per heavy atom. The molecule has 0 aromatic heterocycles. The predicted octanol–water partition coefficient (Wildman–Crippen LogP) is 4.77. The smallest absolute Gasteiger partial charge is 0.126 e. The first kappa shape index (κ1) is 13.0. The highest BCUT2D eigenvalue weighted by Crippen LogP contribution is 2.30. The maximum Gasteiger partial charge on any atom is 0.126 e. The second kappa shape index (κ2) is 5.04. The molecule has 0 radical (unpaired) electrons. The van der Waals surface area contributed by atoms with Gasteiger partial charge in [0.05, 0.1) is 10.7 Å². The van der Waals surface area contributed by atoms with Crippen molar-refractivity contribution in [3.63, 3.8) is 0 Å². The number of rotatable bonds is 2. The molecule has 2 rings (SSSR count). The van der Waals surface area contributed by atoms with Gasteiger partial charge in [0.2, 0.25) is 0 Å². The van der Waals surface area contributed by atoms with Crippen LogP contribution in [-0.4, -0.2) is 0 Å². The van der Waals surface area contributed by atoms with Gasteiger partial charge in [0, 0.05) is 16.4 Å². The van der Waals surface area contributed by atoms with E-state index < -0.39 is 5.82 Å². The van der Waals surface area contributed by atoms with E-state index in [0.717, 1.165) is 11.3 Å². The zero-order valence-corrected chi connectivity index (χ0v) is 11.1. The molecule has 18 heavy (non-hydrogen) atoms. The van der Waals surface area contributed by atoms with Crippen molar-refractivity contribution in [3.05, 3.63) is 51.8 Å². The van der Waals surface area contributed by atoms with E-state index in [4.69, 9.17) is 28.9 Å². The number of benzene rings is 2. The van der Waals surface area contributed by atoms with Gasteiger partial charge in [-0.25, -0.2) is 4.39 Å². The molecule has 0 saturated carbocycles. The molecule has 0 heterocycles. The summed E-state index contributed by atoms with van der Waals surface area (Å²) in [5, 5.41) is 3.84. The lowest BCUT2D eigenvalue weighted by Crippen LogP contribution is -1.96. The van der Waals surface area contributed by atoms with Gasteiger partial charge in [-0.2, -0.15) is 0 Å². The lowest BCUT2D eigenvalue weighted by Gasteiger charge is -2.12. The van der Waals surface area contributed by atoms with Crippen LogP contribution in [0.2, 0.25) is 10.0 Å². The summed E-state index contributed by atoms with van der Waals surface area (Å²) in [6.45, 7) is 1.88. The third kappa shape index (κ3) is 2.86. The van der Waals surface area contributed by atoms with Gasteiger partial charge in [0.15, 0.2) is 0 Å². The summed E-state index contributed by atoms with van der Waals surface area (Å²) >= 11 is 11.7. The zero-order chi connectivity index (χ0) is 13.3. The normalized spacial score (nSPS) is 10.4. The molecule has 0 amide bonds. The number of nitrogen functional groups attached to an aromatic ring is 1. The van der Waals surface area contributed by atoms with Gasteiger partial charge in [0.25, 0.3) is 0 Å². The lowest BCUT2D eigenvalue weighted by atomic mass is 10.1. The standard InChI is InChI=1S/C13H11Cl2FN2/c1-7-2-12(17)11(15)6-13(7)18-10-4-8(14)3-9(16)5-10/h2-6,18H,17H2,1H3. The topological polar surface area (TPSA) is 38.0 Å². The van der Waals surface area contributed by atoms with E-state index >= 15 is 0 Å². The maximum absolute atomic E-state index is 13.2. The number of hydrogen-bond donors (Lipinski definition) is 2. The summed E-state index contributed by atoms with van der Waals surface area (Å²) < 4.78 is 13.2. The second-order valence-corrected chi connectivity index (χ2v) is 4.82. The summed E-state index contributed by atoms with van der Waals surface area (Å²) in [5.41, 5.74) is 8.43. The molecule has 2 nitrogen and oxygen atoms in total. The highest BCUT2D eigenvalue weighted by Gasteiger charge is 2.05. The number of halogens is 3. The average molecular weight is 285 g/mol. The fraction of sp³-hybridized carbons (Fsp3) is 0.0769. The van der Waals surface area contributed by atoms with E-state index in [-0.39, 0.29) is 0 Å². The van der Waals surface area contributed by atoms with Crippen LogP contribution in [0.1, 0.15) is 5.56 Å². The van der Waals surface area contributed by atoms with Crippen molar-refractivity contribution in [2.75, 3.05) is 11.1 Å². The third-order valence-electron chi connectivity index (χ3n) is 2.49. The Morgan fingerprint density at radius 2 is 1.83 bits per heavy atom. The summed E-state index contributed by atoms with van der Waals surface area (Å²) in [4.78, 5) is 0. The molecule has 2 aromatic carbocycles. The maximum atomic E-state index is 13.2. The fourth-order valence-electron chi connectivity index (χ4n) is 1.62. The van der Waals surface area contributed by atoms with Crippen LogP contribution in [-0.2, 0) is 0 Å². The molecule has 0 aliphatic rings. The van der Waals surface area contributed by atoms with Crippen LogP contribution < -0.4 is 11.1 Å². The molecule has 3 N–H and O–H groups in total. The highest BCUT2D eigenvalue weighted by atomic mass is 35.5.